The number of ketones is 1. The Morgan fingerprint density at radius 2 is 1.28 bits per heavy atom. The molecule has 1 aliphatic heterocycles. The first-order valence-electron chi connectivity index (χ1n) is 13.1. The summed E-state index contributed by atoms with van der Waals surface area (Å²) in [6.45, 7) is 3.10. The summed E-state index contributed by atoms with van der Waals surface area (Å²) in [5, 5.41) is 0. The van der Waals surface area contributed by atoms with Crippen molar-refractivity contribution >= 4 is 11.5 Å². The summed E-state index contributed by atoms with van der Waals surface area (Å²) in [6.07, 6.45) is 2.35. The molecule has 0 unspecified atom stereocenters. The Labute approximate surface area is 214 Å². The second-order valence-electron chi connectivity index (χ2n) is 10.0. The van der Waals surface area contributed by atoms with Gasteiger partial charge in [0.1, 0.15) is 0 Å². The van der Waals surface area contributed by atoms with Crippen LogP contribution in [0.5, 0.6) is 0 Å². The highest BCUT2D eigenvalue weighted by atomic mass is 16.1. The molecule has 0 aromatic heterocycles. The molecule has 36 heavy (non-hydrogen) atoms. The van der Waals surface area contributed by atoms with Gasteiger partial charge < -0.3 is 4.90 Å². The van der Waals surface area contributed by atoms with E-state index in [1.165, 1.54) is 23.2 Å². The summed E-state index contributed by atoms with van der Waals surface area (Å²) in [4.78, 5) is 18.3. The lowest BCUT2D eigenvalue weighted by Crippen LogP contribution is -2.58. The first-order chi connectivity index (χ1) is 17.8. The minimum absolute atomic E-state index is 0.0871. The lowest BCUT2D eigenvalue weighted by atomic mass is 9.88. The van der Waals surface area contributed by atoms with Gasteiger partial charge >= 0.3 is 0 Å². The Morgan fingerprint density at radius 3 is 1.97 bits per heavy atom. The molecule has 2 aliphatic rings. The highest BCUT2D eigenvalue weighted by Gasteiger charge is 2.46. The number of hydrogen-bond donors (Lipinski definition) is 0. The molecule has 0 bridgehead atoms. The number of benzene rings is 4. The number of rotatable bonds is 6. The number of piperazine rings is 1. The Kier molecular flexibility index (Phi) is 6.40. The van der Waals surface area contributed by atoms with Crippen molar-refractivity contribution in [3.05, 3.63) is 138 Å². The van der Waals surface area contributed by atoms with Gasteiger partial charge in [0.05, 0.1) is 6.04 Å². The molecular weight excluding hydrogens is 440 g/mol. The first-order valence-corrected chi connectivity index (χ1v) is 13.1. The minimum Gasteiger partial charge on any atom is -0.365 e. The quantitative estimate of drug-likeness (QED) is 0.297. The van der Waals surface area contributed by atoms with E-state index in [9.17, 15) is 4.79 Å². The van der Waals surface area contributed by atoms with Gasteiger partial charge in [0, 0.05) is 48.4 Å². The third-order valence-electron chi connectivity index (χ3n) is 7.99. The van der Waals surface area contributed by atoms with Gasteiger partial charge in [-0.05, 0) is 36.1 Å². The summed E-state index contributed by atoms with van der Waals surface area (Å²) in [5.41, 5.74) is 5.54. The lowest BCUT2D eigenvalue weighted by Gasteiger charge is -2.48. The van der Waals surface area contributed by atoms with Gasteiger partial charge in [-0.15, -0.1) is 0 Å². The number of hydrogen-bond acceptors (Lipinski definition) is 3. The van der Waals surface area contributed by atoms with Gasteiger partial charge in [-0.3, -0.25) is 9.69 Å². The minimum atomic E-state index is 0.0871. The van der Waals surface area contributed by atoms with Crippen LogP contribution in [0.25, 0.3) is 0 Å². The molecule has 3 heteroatoms. The second kappa shape index (κ2) is 10.1. The van der Waals surface area contributed by atoms with E-state index in [-0.39, 0.29) is 5.78 Å². The smallest absolute Gasteiger partial charge is 0.193 e. The molecule has 6 rings (SSSR count). The summed E-state index contributed by atoms with van der Waals surface area (Å²) in [5.74, 6) is 0.527. The van der Waals surface area contributed by atoms with E-state index in [1.54, 1.807) is 0 Å². The van der Waals surface area contributed by atoms with E-state index >= 15 is 0 Å². The molecule has 4 aromatic carbocycles. The van der Waals surface area contributed by atoms with Crippen LogP contribution in [0.2, 0.25) is 0 Å². The van der Waals surface area contributed by atoms with Crippen LogP contribution in [0.1, 0.15) is 45.8 Å². The molecule has 4 aromatic rings. The fourth-order valence-electron chi connectivity index (χ4n) is 6.27. The molecule has 3 nitrogen and oxygen atoms in total. The van der Waals surface area contributed by atoms with E-state index < -0.39 is 0 Å². The Morgan fingerprint density at radius 1 is 0.667 bits per heavy atom. The van der Waals surface area contributed by atoms with Crippen LogP contribution in [0.15, 0.2) is 115 Å². The van der Waals surface area contributed by atoms with Crippen LogP contribution >= 0.6 is 0 Å². The summed E-state index contributed by atoms with van der Waals surface area (Å²) in [6, 6.07) is 40.7. The highest BCUT2D eigenvalue weighted by molar-refractivity contribution is 6.08. The zero-order valence-corrected chi connectivity index (χ0v) is 20.5. The summed E-state index contributed by atoms with van der Waals surface area (Å²) < 4.78 is 0. The Balaban J connectivity index is 1.29. The fraction of sp³-hybridized carbons (Fsp3) is 0.242. The molecule has 3 atom stereocenters. The van der Waals surface area contributed by atoms with Gasteiger partial charge in [0.15, 0.2) is 5.78 Å². The summed E-state index contributed by atoms with van der Waals surface area (Å²) >= 11 is 0. The number of nitrogens with zero attached hydrogens (tertiary/aromatic N) is 2. The topological polar surface area (TPSA) is 23.6 Å². The van der Waals surface area contributed by atoms with Crippen molar-refractivity contribution in [3.8, 4) is 0 Å². The predicted octanol–water partition coefficient (Wildman–Crippen LogP) is 6.55. The number of para-hydroxylation sites is 1. The van der Waals surface area contributed by atoms with Crippen molar-refractivity contribution in [1.29, 1.82) is 0 Å². The molecular formula is C33H32N2O. The Hall–Kier alpha value is -3.69. The molecule has 1 saturated heterocycles. The van der Waals surface area contributed by atoms with Crippen molar-refractivity contribution in [1.82, 2.24) is 4.90 Å². The van der Waals surface area contributed by atoms with E-state index in [0.29, 0.717) is 18.0 Å². The average molecular weight is 473 g/mol. The van der Waals surface area contributed by atoms with Crippen LogP contribution in [0, 0.1) is 0 Å². The monoisotopic (exact) mass is 472 g/mol. The molecule has 1 aliphatic carbocycles. The predicted molar refractivity (Wildman–Crippen MR) is 147 cm³/mol. The van der Waals surface area contributed by atoms with Crippen molar-refractivity contribution < 1.29 is 4.79 Å². The second-order valence-corrected chi connectivity index (χ2v) is 10.0. The van der Waals surface area contributed by atoms with E-state index in [0.717, 1.165) is 37.2 Å². The zero-order chi connectivity index (χ0) is 24.3. The fourth-order valence-corrected chi connectivity index (χ4v) is 6.27. The van der Waals surface area contributed by atoms with Crippen molar-refractivity contribution in [2.24, 2.45) is 0 Å². The van der Waals surface area contributed by atoms with E-state index in [2.05, 4.69) is 82.6 Å². The van der Waals surface area contributed by atoms with E-state index in [1.807, 2.05) is 42.5 Å². The zero-order valence-electron chi connectivity index (χ0n) is 20.5. The van der Waals surface area contributed by atoms with Crippen LogP contribution in [-0.2, 0) is 6.54 Å². The summed E-state index contributed by atoms with van der Waals surface area (Å²) in [7, 11) is 0. The van der Waals surface area contributed by atoms with Crippen molar-refractivity contribution in [2.45, 2.75) is 37.4 Å². The maximum absolute atomic E-state index is 12.9. The van der Waals surface area contributed by atoms with Crippen molar-refractivity contribution in [3.63, 3.8) is 0 Å². The third-order valence-corrected chi connectivity index (χ3v) is 7.99. The van der Waals surface area contributed by atoms with Gasteiger partial charge in [-0.25, -0.2) is 0 Å². The molecule has 180 valence electrons. The van der Waals surface area contributed by atoms with Crippen molar-refractivity contribution in [2.75, 3.05) is 18.0 Å². The molecule has 2 fully saturated rings. The van der Waals surface area contributed by atoms with Gasteiger partial charge in [0.2, 0.25) is 0 Å². The SMILES string of the molecule is O=C(c1ccccc1)c1ccc([C@H]2CC[C@@H]3[C@H]2N(c2ccccc2)CCN3Cc2ccccc2)cc1. The molecule has 0 amide bonds. The van der Waals surface area contributed by atoms with E-state index in [4.69, 9.17) is 0 Å². The number of carbonyl (C=O) groups excluding carboxylic acids is 1. The van der Waals surface area contributed by atoms with Gasteiger partial charge in [-0.1, -0.05) is 103 Å². The molecule has 0 radical (unpaired) electrons. The maximum Gasteiger partial charge on any atom is 0.193 e. The van der Waals surface area contributed by atoms with Crippen LogP contribution in [0.4, 0.5) is 5.69 Å². The number of fused-ring (bicyclic) bond motifs is 1. The first kappa shape index (κ1) is 22.8. The molecule has 0 spiro atoms. The Bertz CT molecular complexity index is 1290. The molecule has 1 heterocycles. The van der Waals surface area contributed by atoms with Crippen LogP contribution in [-0.4, -0.2) is 35.9 Å². The average Bonchev–Trinajstić information content (AvgIpc) is 3.40. The normalized spacial score (nSPS) is 21.8. The van der Waals surface area contributed by atoms with Crippen LogP contribution < -0.4 is 4.90 Å². The molecule has 0 N–H and O–H groups in total. The largest absolute Gasteiger partial charge is 0.365 e. The third kappa shape index (κ3) is 4.47. The highest BCUT2D eigenvalue weighted by Crippen LogP contribution is 2.44. The van der Waals surface area contributed by atoms with Gasteiger partial charge in [0.25, 0.3) is 0 Å². The maximum atomic E-state index is 12.9. The van der Waals surface area contributed by atoms with Gasteiger partial charge in [-0.2, -0.15) is 0 Å². The van der Waals surface area contributed by atoms with Crippen LogP contribution in [0.3, 0.4) is 0 Å². The standard InChI is InChI=1S/C33H32N2O/c36-33(27-12-6-2-7-13-27)28-18-16-26(17-19-28)30-20-21-31-32(30)35(29-14-8-3-9-15-29)23-22-34(31)24-25-10-4-1-5-11-25/h1-19,30-32H,20-24H2/t30-,31-,32+/m1/s1. The number of anilines is 1. The number of carbonyl (C=O) groups is 1. The molecule has 1 saturated carbocycles. The lowest BCUT2D eigenvalue weighted by molar-refractivity contribution is 0.103.